The van der Waals surface area contributed by atoms with Gasteiger partial charge in [-0.1, -0.05) is 5.16 Å². The van der Waals surface area contributed by atoms with E-state index >= 15 is 0 Å². The van der Waals surface area contributed by atoms with Crippen molar-refractivity contribution in [1.29, 1.82) is 0 Å². The van der Waals surface area contributed by atoms with E-state index < -0.39 is 18.0 Å². The average molecular weight is 197 g/mol. The summed E-state index contributed by atoms with van der Waals surface area (Å²) in [5.41, 5.74) is 1.32. The first-order chi connectivity index (χ1) is 6.59. The topological polar surface area (TPSA) is 83.6 Å². The van der Waals surface area contributed by atoms with Crippen LogP contribution in [0.15, 0.2) is 4.52 Å². The van der Waals surface area contributed by atoms with Gasteiger partial charge in [-0.3, -0.25) is 4.79 Å². The third-order valence-electron chi connectivity index (χ3n) is 2.61. The molecule has 0 radical (unpaired) electrons. The minimum atomic E-state index is -0.899. The van der Waals surface area contributed by atoms with Gasteiger partial charge in [0.05, 0.1) is 17.7 Å². The molecular weight excluding hydrogens is 186 g/mol. The molecule has 2 atom stereocenters. The number of aromatic nitrogens is 1. The molecule has 2 unspecified atom stereocenters. The third-order valence-corrected chi connectivity index (χ3v) is 2.61. The number of aryl methyl sites for hydroxylation is 1. The molecule has 2 N–H and O–H groups in total. The zero-order valence-corrected chi connectivity index (χ0v) is 7.73. The Morgan fingerprint density at radius 1 is 1.64 bits per heavy atom. The predicted octanol–water partition coefficient (Wildman–Crippen LogP) is 0.663. The van der Waals surface area contributed by atoms with Gasteiger partial charge in [0.1, 0.15) is 5.76 Å². The molecule has 1 heterocycles. The van der Waals surface area contributed by atoms with Gasteiger partial charge in [0.25, 0.3) is 0 Å². The van der Waals surface area contributed by atoms with Crippen molar-refractivity contribution >= 4 is 5.97 Å². The van der Waals surface area contributed by atoms with Crippen molar-refractivity contribution in [3.05, 3.63) is 17.0 Å². The van der Waals surface area contributed by atoms with Gasteiger partial charge in [-0.2, -0.15) is 0 Å². The minimum absolute atomic E-state index is 0.240. The molecule has 0 bridgehead atoms. The summed E-state index contributed by atoms with van der Waals surface area (Å²) in [5, 5.41) is 22.2. The standard InChI is InChI=1S/C9H11NO4/c1-4-8-6(11)2-5(9(12)13)3-7(8)14-10-4/h5-6,11H,2-3H2,1H3,(H,12,13). The molecule has 2 rings (SSSR count). The van der Waals surface area contributed by atoms with E-state index in [9.17, 15) is 9.90 Å². The lowest BCUT2D eigenvalue weighted by molar-refractivity contribution is -0.143. The Kier molecular flexibility index (Phi) is 2.03. The number of carboxylic acid groups (broad SMARTS) is 1. The highest BCUT2D eigenvalue weighted by Gasteiger charge is 2.34. The van der Waals surface area contributed by atoms with Crippen LogP contribution in [0.25, 0.3) is 0 Å². The Morgan fingerprint density at radius 2 is 2.36 bits per heavy atom. The van der Waals surface area contributed by atoms with Gasteiger partial charge in [0.2, 0.25) is 0 Å². The number of fused-ring (bicyclic) bond motifs is 1. The number of rotatable bonds is 1. The summed E-state index contributed by atoms with van der Waals surface area (Å²) in [7, 11) is 0. The second-order valence-corrected chi connectivity index (χ2v) is 3.60. The van der Waals surface area contributed by atoms with Crippen molar-refractivity contribution < 1.29 is 19.5 Å². The molecule has 0 aromatic carbocycles. The van der Waals surface area contributed by atoms with Crippen molar-refractivity contribution in [3.8, 4) is 0 Å². The van der Waals surface area contributed by atoms with Crippen LogP contribution in [0.2, 0.25) is 0 Å². The fraction of sp³-hybridized carbons (Fsp3) is 0.556. The van der Waals surface area contributed by atoms with Crippen LogP contribution < -0.4 is 0 Å². The Bertz CT molecular complexity index is 371. The molecule has 0 saturated carbocycles. The van der Waals surface area contributed by atoms with Gasteiger partial charge in [0, 0.05) is 12.0 Å². The number of hydrogen-bond donors (Lipinski definition) is 2. The fourth-order valence-corrected chi connectivity index (χ4v) is 1.88. The van der Waals surface area contributed by atoms with Gasteiger partial charge in [-0.05, 0) is 13.3 Å². The van der Waals surface area contributed by atoms with Crippen molar-refractivity contribution in [2.24, 2.45) is 5.92 Å². The van der Waals surface area contributed by atoms with Crippen molar-refractivity contribution in [3.63, 3.8) is 0 Å². The number of aliphatic hydroxyl groups is 1. The lowest BCUT2D eigenvalue weighted by Crippen LogP contribution is -2.24. The Balaban J connectivity index is 2.34. The third kappa shape index (κ3) is 1.29. The van der Waals surface area contributed by atoms with Crippen LogP contribution in [-0.4, -0.2) is 21.3 Å². The molecule has 0 aliphatic heterocycles. The zero-order chi connectivity index (χ0) is 10.3. The van der Waals surface area contributed by atoms with Crippen molar-refractivity contribution in [2.75, 3.05) is 0 Å². The van der Waals surface area contributed by atoms with Crippen molar-refractivity contribution in [2.45, 2.75) is 25.9 Å². The maximum atomic E-state index is 10.7. The predicted molar refractivity (Wildman–Crippen MR) is 45.6 cm³/mol. The first-order valence-corrected chi connectivity index (χ1v) is 4.45. The maximum Gasteiger partial charge on any atom is 0.307 e. The number of carboxylic acids is 1. The molecule has 0 amide bonds. The summed E-state index contributed by atoms with van der Waals surface area (Å²) < 4.78 is 4.96. The lowest BCUT2D eigenvalue weighted by atomic mass is 9.85. The maximum absolute atomic E-state index is 10.7. The molecule has 1 aliphatic rings. The van der Waals surface area contributed by atoms with Crippen LogP contribution in [0, 0.1) is 12.8 Å². The number of aliphatic hydroxyl groups excluding tert-OH is 1. The van der Waals surface area contributed by atoms with E-state index in [1.54, 1.807) is 6.92 Å². The average Bonchev–Trinajstić information content (AvgIpc) is 2.48. The molecule has 76 valence electrons. The quantitative estimate of drug-likeness (QED) is 0.691. The molecule has 1 aliphatic carbocycles. The summed E-state index contributed by atoms with van der Waals surface area (Å²) in [6, 6.07) is 0. The largest absolute Gasteiger partial charge is 0.481 e. The monoisotopic (exact) mass is 197 g/mol. The molecule has 5 nitrogen and oxygen atoms in total. The second-order valence-electron chi connectivity index (χ2n) is 3.60. The van der Waals surface area contributed by atoms with E-state index in [1.165, 1.54) is 0 Å². The van der Waals surface area contributed by atoms with Crippen LogP contribution >= 0.6 is 0 Å². The van der Waals surface area contributed by atoms with Crippen LogP contribution in [0.3, 0.4) is 0 Å². The summed E-state index contributed by atoms with van der Waals surface area (Å²) in [4.78, 5) is 10.7. The van der Waals surface area contributed by atoms with Gasteiger partial charge in [-0.15, -0.1) is 0 Å². The van der Waals surface area contributed by atoms with Gasteiger partial charge >= 0.3 is 5.97 Å². The molecule has 14 heavy (non-hydrogen) atoms. The van der Waals surface area contributed by atoms with E-state index in [-0.39, 0.29) is 6.42 Å². The number of carbonyl (C=O) groups is 1. The van der Waals surface area contributed by atoms with Crippen LogP contribution in [0.1, 0.15) is 29.5 Å². The first kappa shape index (κ1) is 9.21. The van der Waals surface area contributed by atoms with E-state index in [4.69, 9.17) is 9.63 Å². The van der Waals surface area contributed by atoms with Gasteiger partial charge < -0.3 is 14.7 Å². The Labute approximate surface area is 80.3 Å². The molecule has 5 heteroatoms. The highest BCUT2D eigenvalue weighted by molar-refractivity contribution is 5.71. The number of aliphatic carboxylic acids is 1. The summed E-state index contributed by atoms with van der Waals surface area (Å²) >= 11 is 0. The van der Waals surface area contributed by atoms with E-state index in [0.29, 0.717) is 23.4 Å². The molecule has 0 saturated heterocycles. The molecule has 1 aromatic heterocycles. The second kappa shape index (κ2) is 3.09. The SMILES string of the molecule is Cc1noc2c1C(O)CC(C(=O)O)C2. The highest BCUT2D eigenvalue weighted by atomic mass is 16.5. The molecule has 0 fully saturated rings. The fourth-order valence-electron chi connectivity index (χ4n) is 1.88. The van der Waals surface area contributed by atoms with Gasteiger partial charge in [-0.25, -0.2) is 0 Å². The summed E-state index contributed by atoms with van der Waals surface area (Å²) in [6.45, 7) is 1.74. The Morgan fingerprint density at radius 3 is 3.00 bits per heavy atom. The lowest BCUT2D eigenvalue weighted by Gasteiger charge is -2.21. The molecule has 0 spiro atoms. The Hall–Kier alpha value is -1.36. The van der Waals surface area contributed by atoms with Crippen LogP contribution in [0.4, 0.5) is 0 Å². The van der Waals surface area contributed by atoms with Crippen LogP contribution in [0.5, 0.6) is 0 Å². The smallest absolute Gasteiger partial charge is 0.307 e. The van der Waals surface area contributed by atoms with Gasteiger partial charge in [0.15, 0.2) is 0 Å². The summed E-state index contributed by atoms with van der Waals surface area (Å²) in [5.74, 6) is -0.956. The molecular formula is C9H11NO4. The number of hydrogen-bond acceptors (Lipinski definition) is 4. The van der Waals surface area contributed by atoms with E-state index in [0.717, 1.165) is 0 Å². The zero-order valence-electron chi connectivity index (χ0n) is 7.73. The van der Waals surface area contributed by atoms with Crippen molar-refractivity contribution in [1.82, 2.24) is 5.16 Å². The number of nitrogens with zero attached hydrogens (tertiary/aromatic N) is 1. The molecule has 1 aromatic rings. The first-order valence-electron chi connectivity index (χ1n) is 4.45. The summed E-state index contributed by atoms with van der Waals surface area (Å²) in [6.07, 6.45) is -0.196. The van der Waals surface area contributed by atoms with Crippen LogP contribution in [-0.2, 0) is 11.2 Å². The minimum Gasteiger partial charge on any atom is -0.481 e. The highest BCUT2D eigenvalue weighted by Crippen LogP contribution is 2.35. The van der Waals surface area contributed by atoms with E-state index in [2.05, 4.69) is 5.16 Å². The normalized spacial score (nSPS) is 25.9. The van der Waals surface area contributed by atoms with E-state index in [1.807, 2.05) is 0 Å².